The van der Waals surface area contributed by atoms with Crippen LogP contribution in [-0.2, 0) is 14.8 Å². The summed E-state index contributed by atoms with van der Waals surface area (Å²) in [6, 6.07) is 17.7. The SMILES string of the molecule is C/C(=N/NC(=O)CN(c1ccc(Cl)c(Cl)c1)S(C)(=O)=O)c1cccc(NC(=O)c2cccc(Cl)c2)c1. The van der Waals surface area contributed by atoms with Gasteiger partial charge in [-0.15, -0.1) is 0 Å². The minimum absolute atomic E-state index is 0.152. The van der Waals surface area contributed by atoms with Gasteiger partial charge in [-0.2, -0.15) is 5.10 Å². The second kappa shape index (κ2) is 11.7. The Bertz CT molecular complexity index is 1440. The van der Waals surface area contributed by atoms with Crippen molar-refractivity contribution in [3.63, 3.8) is 0 Å². The first-order chi connectivity index (χ1) is 16.9. The molecule has 36 heavy (non-hydrogen) atoms. The predicted molar refractivity (Wildman–Crippen MR) is 145 cm³/mol. The fourth-order valence-corrected chi connectivity index (χ4v) is 4.40. The average Bonchev–Trinajstić information content (AvgIpc) is 2.82. The summed E-state index contributed by atoms with van der Waals surface area (Å²) in [4.78, 5) is 25.0. The number of anilines is 2. The van der Waals surface area contributed by atoms with Gasteiger partial charge in [0, 0.05) is 16.3 Å². The van der Waals surface area contributed by atoms with Crippen LogP contribution in [0.2, 0.25) is 15.1 Å². The summed E-state index contributed by atoms with van der Waals surface area (Å²) in [5.41, 5.74) is 4.52. The highest BCUT2D eigenvalue weighted by Crippen LogP contribution is 2.28. The number of nitrogens with one attached hydrogen (secondary N) is 2. The molecule has 12 heteroatoms. The lowest BCUT2D eigenvalue weighted by Gasteiger charge is -2.21. The van der Waals surface area contributed by atoms with Crippen LogP contribution < -0.4 is 15.0 Å². The highest BCUT2D eigenvalue weighted by atomic mass is 35.5. The Hall–Kier alpha value is -3.11. The van der Waals surface area contributed by atoms with Crippen LogP contribution >= 0.6 is 34.8 Å². The standard InChI is InChI=1S/C24H21Cl3N4O4S/c1-15(16-5-4-8-19(12-16)28-24(33)17-6-3-7-18(25)11-17)29-30-23(32)14-31(36(2,34)35)20-9-10-21(26)22(27)13-20/h3-13H,14H2,1-2H3,(H,28,33)(H,30,32)/b29-15-. The summed E-state index contributed by atoms with van der Waals surface area (Å²) in [5.74, 6) is -1.00. The summed E-state index contributed by atoms with van der Waals surface area (Å²) in [5, 5.41) is 7.70. The molecule has 0 spiro atoms. The van der Waals surface area contributed by atoms with Crippen molar-refractivity contribution in [2.75, 3.05) is 22.4 Å². The van der Waals surface area contributed by atoms with Crippen LogP contribution in [0, 0.1) is 0 Å². The van der Waals surface area contributed by atoms with E-state index in [-0.39, 0.29) is 21.6 Å². The number of amides is 2. The van der Waals surface area contributed by atoms with E-state index in [0.717, 1.165) is 10.6 Å². The van der Waals surface area contributed by atoms with Gasteiger partial charge in [0.1, 0.15) is 6.54 Å². The Balaban J connectivity index is 1.70. The highest BCUT2D eigenvalue weighted by Gasteiger charge is 2.21. The molecule has 0 bridgehead atoms. The lowest BCUT2D eigenvalue weighted by atomic mass is 10.1. The molecule has 0 unspecified atom stereocenters. The van der Waals surface area contributed by atoms with Gasteiger partial charge < -0.3 is 5.32 Å². The van der Waals surface area contributed by atoms with Crippen molar-refractivity contribution >= 4 is 73.7 Å². The molecule has 0 radical (unpaired) electrons. The molecule has 0 saturated carbocycles. The zero-order valence-corrected chi connectivity index (χ0v) is 22.2. The quantitative estimate of drug-likeness (QED) is 0.288. The molecule has 0 aliphatic heterocycles. The van der Waals surface area contributed by atoms with Crippen molar-refractivity contribution in [1.82, 2.24) is 5.43 Å². The van der Waals surface area contributed by atoms with Crippen molar-refractivity contribution < 1.29 is 18.0 Å². The molecule has 188 valence electrons. The van der Waals surface area contributed by atoms with E-state index in [0.29, 0.717) is 27.5 Å². The first-order valence-electron chi connectivity index (χ1n) is 10.4. The number of carbonyl (C=O) groups is 2. The third-order valence-corrected chi connectivity index (χ3v) is 6.97. The first kappa shape index (κ1) is 27.5. The number of hydrazone groups is 1. The summed E-state index contributed by atoms with van der Waals surface area (Å²) >= 11 is 17.8. The zero-order chi connectivity index (χ0) is 26.5. The summed E-state index contributed by atoms with van der Waals surface area (Å²) < 4.78 is 25.4. The first-order valence-corrected chi connectivity index (χ1v) is 13.4. The van der Waals surface area contributed by atoms with Gasteiger partial charge in [-0.3, -0.25) is 13.9 Å². The zero-order valence-electron chi connectivity index (χ0n) is 19.1. The minimum Gasteiger partial charge on any atom is -0.322 e. The Morgan fingerprint density at radius 2 is 1.61 bits per heavy atom. The Morgan fingerprint density at radius 1 is 0.917 bits per heavy atom. The number of halogens is 3. The van der Waals surface area contributed by atoms with E-state index in [9.17, 15) is 18.0 Å². The van der Waals surface area contributed by atoms with Crippen LogP contribution in [0.25, 0.3) is 0 Å². The lowest BCUT2D eigenvalue weighted by molar-refractivity contribution is -0.119. The van der Waals surface area contributed by atoms with Gasteiger partial charge in [-0.25, -0.2) is 13.8 Å². The number of hydrogen-bond acceptors (Lipinski definition) is 5. The normalized spacial score (nSPS) is 11.6. The van der Waals surface area contributed by atoms with Crippen molar-refractivity contribution in [3.05, 3.63) is 92.9 Å². The third-order valence-electron chi connectivity index (χ3n) is 4.85. The van der Waals surface area contributed by atoms with E-state index in [1.165, 1.54) is 18.2 Å². The number of benzene rings is 3. The largest absolute Gasteiger partial charge is 0.322 e. The lowest BCUT2D eigenvalue weighted by Crippen LogP contribution is -2.39. The predicted octanol–water partition coefficient (Wildman–Crippen LogP) is 5.21. The molecule has 0 fully saturated rings. The molecule has 0 aromatic heterocycles. The number of carbonyl (C=O) groups excluding carboxylic acids is 2. The molecule has 3 aromatic carbocycles. The maximum Gasteiger partial charge on any atom is 0.260 e. The monoisotopic (exact) mass is 566 g/mol. The number of nitrogens with zero attached hydrogens (tertiary/aromatic N) is 2. The van der Waals surface area contributed by atoms with Crippen molar-refractivity contribution in [1.29, 1.82) is 0 Å². The molecule has 2 amide bonds. The van der Waals surface area contributed by atoms with Gasteiger partial charge in [0.2, 0.25) is 10.0 Å². The van der Waals surface area contributed by atoms with Crippen LogP contribution in [0.1, 0.15) is 22.8 Å². The van der Waals surface area contributed by atoms with Crippen LogP contribution in [-0.4, -0.2) is 38.7 Å². The fourth-order valence-electron chi connectivity index (χ4n) is 3.07. The van der Waals surface area contributed by atoms with Gasteiger partial charge in [0.25, 0.3) is 11.8 Å². The Morgan fingerprint density at radius 3 is 2.28 bits per heavy atom. The summed E-state index contributed by atoms with van der Waals surface area (Å²) in [6.45, 7) is 1.13. The van der Waals surface area contributed by atoms with Crippen LogP contribution in [0.4, 0.5) is 11.4 Å². The van der Waals surface area contributed by atoms with Gasteiger partial charge >= 0.3 is 0 Å². The molecular weight excluding hydrogens is 547 g/mol. The summed E-state index contributed by atoms with van der Waals surface area (Å²) in [6.07, 6.45) is 0.973. The molecule has 2 N–H and O–H groups in total. The van der Waals surface area contributed by atoms with E-state index in [1.807, 2.05) is 0 Å². The number of rotatable bonds is 8. The molecule has 3 aromatic rings. The van der Waals surface area contributed by atoms with Crippen molar-refractivity contribution in [2.45, 2.75) is 6.92 Å². The van der Waals surface area contributed by atoms with Gasteiger partial charge in [-0.1, -0.05) is 53.0 Å². The molecule has 0 aliphatic rings. The molecule has 0 heterocycles. The minimum atomic E-state index is -3.80. The molecule has 0 aliphatic carbocycles. The molecule has 3 rings (SSSR count). The molecule has 0 saturated heterocycles. The topological polar surface area (TPSA) is 108 Å². The average molecular weight is 568 g/mol. The molecular formula is C24H21Cl3N4O4S. The van der Waals surface area contributed by atoms with E-state index in [1.54, 1.807) is 55.5 Å². The van der Waals surface area contributed by atoms with Gasteiger partial charge in [-0.05, 0) is 61.0 Å². The maximum absolute atomic E-state index is 12.5. The van der Waals surface area contributed by atoms with E-state index in [4.69, 9.17) is 34.8 Å². The van der Waals surface area contributed by atoms with Crippen LogP contribution in [0.5, 0.6) is 0 Å². The molecule has 8 nitrogen and oxygen atoms in total. The maximum atomic E-state index is 12.5. The Kier molecular flexibility index (Phi) is 8.97. The third kappa shape index (κ3) is 7.44. The highest BCUT2D eigenvalue weighted by molar-refractivity contribution is 7.92. The van der Waals surface area contributed by atoms with Crippen LogP contribution in [0.15, 0.2) is 71.8 Å². The van der Waals surface area contributed by atoms with E-state index in [2.05, 4.69) is 15.8 Å². The van der Waals surface area contributed by atoms with Crippen molar-refractivity contribution in [3.8, 4) is 0 Å². The van der Waals surface area contributed by atoms with E-state index >= 15 is 0 Å². The van der Waals surface area contributed by atoms with Gasteiger partial charge in [0.15, 0.2) is 0 Å². The smallest absolute Gasteiger partial charge is 0.260 e. The number of sulfonamides is 1. The second-order valence-corrected chi connectivity index (χ2v) is 10.8. The van der Waals surface area contributed by atoms with Crippen molar-refractivity contribution in [2.24, 2.45) is 5.10 Å². The fraction of sp³-hybridized carbons (Fsp3) is 0.125. The van der Waals surface area contributed by atoms with Crippen LogP contribution in [0.3, 0.4) is 0 Å². The van der Waals surface area contributed by atoms with Gasteiger partial charge in [0.05, 0.1) is 27.7 Å². The summed E-state index contributed by atoms with van der Waals surface area (Å²) in [7, 11) is -3.80. The second-order valence-electron chi connectivity index (χ2n) is 7.65. The molecule has 0 atom stereocenters. The Labute approximate surface area is 223 Å². The number of hydrogen-bond donors (Lipinski definition) is 2. The van der Waals surface area contributed by atoms with E-state index < -0.39 is 22.5 Å².